The zero-order chi connectivity index (χ0) is 20.9. The standard InChI is InChI=1S/C23H27N3O4/c1-16-20(17(2)30-25-16)15-29-19-8-5-7-18(13-19)23(27)24-14-21(22-9-6-12-28-22)26-10-3-4-11-26/h5-9,12-13,21H,3-4,10-11,14-15H2,1-2H3,(H,24,27). The molecule has 1 amide bonds. The molecular weight excluding hydrogens is 382 g/mol. The van der Waals surface area contributed by atoms with Gasteiger partial charge < -0.3 is 19.0 Å². The van der Waals surface area contributed by atoms with Gasteiger partial charge in [-0.3, -0.25) is 9.69 Å². The Morgan fingerprint density at radius 1 is 1.23 bits per heavy atom. The number of hydrogen-bond donors (Lipinski definition) is 1. The largest absolute Gasteiger partial charge is 0.489 e. The van der Waals surface area contributed by atoms with E-state index in [1.807, 2.05) is 38.1 Å². The molecule has 3 aromatic rings. The normalized spacial score (nSPS) is 15.3. The molecule has 1 aliphatic heterocycles. The molecule has 7 nitrogen and oxygen atoms in total. The molecule has 0 bridgehead atoms. The molecule has 0 spiro atoms. The van der Waals surface area contributed by atoms with E-state index in [4.69, 9.17) is 13.7 Å². The maximum atomic E-state index is 12.8. The van der Waals surface area contributed by atoms with Gasteiger partial charge in [-0.25, -0.2) is 0 Å². The Morgan fingerprint density at radius 2 is 2.07 bits per heavy atom. The molecule has 1 unspecified atom stereocenters. The second kappa shape index (κ2) is 9.17. The van der Waals surface area contributed by atoms with E-state index in [9.17, 15) is 4.79 Å². The first kappa shape index (κ1) is 20.2. The monoisotopic (exact) mass is 409 g/mol. The summed E-state index contributed by atoms with van der Waals surface area (Å²) in [5.74, 6) is 2.12. The Kier molecular flexibility index (Phi) is 6.18. The Morgan fingerprint density at radius 3 is 2.77 bits per heavy atom. The molecule has 158 valence electrons. The van der Waals surface area contributed by atoms with Crippen LogP contribution in [-0.4, -0.2) is 35.6 Å². The van der Waals surface area contributed by atoms with Crippen LogP contribution in [0.4, 0.5) is 0 Å². The van der Waals surface area contributed by atoms with Crippen LogP contribution < -0.4 is 10.1 Å². The molecule has 1 fully saturated rings. The van der Waals surface area contributed by atoms with Gasteiger partial charge in [-0.1, -0.05) is 11.2 Å². The lowest BCUT2D eigenvalue weighted by molar-refractivity contribution is 0.0933. The summed E-state index contributed by atoms with van der Waals surface area (Å²) >= 11 is 0. The Labute approximate surface area is 176 Å². The Hall–Kier alpha value is -3.06. The van der Waals surface area contributed by atoms with E-state index in [1.165, 1.54) is 12.8 Å². The first-order valence-electron chi connectivity index (χ1n) is 10.3. The van der Waals surface area contributed by atoms with Gasteiger partial charge in [-0.2, -0.15) is 0 Å². The predicted octanol–water partition coefficient (Wildman–Crippen LogP) is 4.03. The Bertz CT molecular complexity index is 955. The summed E-state index contributed by atoms with van der Waals surface area (Å²) in [6.45, 7) is 6.63. The van der Waals surface area contributed by atoms with E-state index < -0.39 is 0 Å². The maximum absolute atomic E-state index is 12.8. The summed E-state index contributed by atoms with van der Waals surface area (Å²) in [6.07, 6.45) is 4.03. The summed E-state index contributed by atoms with van der Waals surface area (Å²) in [5, 5.41) is 7.00. The van der Waals surface area contributed by atoms with E-state index in [1.54, 1.807) is 18.4 Å². The van der Waals surface area contributed by atoms with Crippen molar-refractivity contribution in [2.24, 2.45) is 0 Å². The summed E-state index contributed by atoms with van der Waals surface area (Å²) in [7, 11) is 0. The number of furan rings is 1. The zero-order valence-corrected chi connectivity index (χ0v) is 17.4. The van der Waals surface area contributed by atoms with Crippen LogP contribution in [0, 0.1) is 13.8 Å². The van der Waals surface area contributed by atoms with Gasteiger partial charge in [0.1, 0.15) is 23.9 Å². The number of carbonyl (C=O) groups is 1. The molecule has 0 radical (unpaired) electrons. The summed E-state index contributed by atoms with van der Waals surface area (Å²) in [4.78, 5) is 15.1. The average Bonchev–Trinajstić information content (AvgIpc) is 3.52. The summed E-state index contributed by atoms with van der Waals surface area (Å²) in [5.41, 5.74) is 2.30. The van der Waals surface area contributed by atoms with Crippen molar-refractivity contribution in [2.75, 3.05) is 19.6 Å². The van der Waals surface area contributed by atoms with Crippen molar-refractivity contribution >= 4 is 5.91 Å². The fraction of sp³-hybridized carbons (Fsp3) is 0.391. The number of hydrogen-bond acceptors (Lipinski definition) is 6. The van der Waals surface area contributed by atoms with Crippen LogP contribution in [-0.2, 0) is 6.61 Å². The number of nitrogens with one attached hydrogen (secondary N) is 1. The van der Waals surface area contributed by atoms with E-state index >= 15 is 0 Å². The number of ether oxygens (including phenoxy) is 1. The topological polar surface area (TPSA) is 80.7 Å². The fourth-order valence-electron chi connectivity index (χ4n) is 3.83. The van der Waals surface area contributed by atoms with E-state index in [2.05, 4.69) is 15.4 Å². The van der Waals surface area contributed by atoms with Crippen molar-refractivity contribution in [2.45, 2.75) is 39.3 Å². The van der Waals surface area contributed by atoms with E-state index in [0.29, 0.717) is 24.5 Å². The minimum Gasteiger partial charge on any atom is -0.489 e. The summed E-state index contributed by atoms with van der Waals surface area (Å²) < 4.78 is 16.7. The highest BCUT2D eigenvalue weighted by Crippen LogP contribution is 2.25. The zero-order valence-electron chi connectivity index (χ0n) is 17.4. The maximum Gasteiger partial charge on any atom is 0.251 e. The number of amides is 1. The lowest BCUT2D eigenvalue weighted by atomic mass is 10.1. The van der Waals surface area contributed by atoms with Gasteiger partial charge in [0.15, 0.2) is 0 Å². The van der Waals surface area contributed by atoms with Crippen LogP contribution in [0.5, 0.6) is 5.75 Å². The van der Waals surface area contributed by atoms with Crippen LogP contribution in [0.1, 0.15) is 52.0 Å². The number of rotatable bonds is 8. The van der Waals surface area contributed by atoms with Crippen molar-refractivity contribution in [1.82, 2.24) is 15.4 Å². The molecule has 3 heterocycles. The highest BCUT2D eigenvalue weighted by atomic mass is 16.5. The quantitative estimate of drug-likeness (QED) is 0.605. The number of nitrogens with zero attached hydrogens (tertiary/aromatic N) is 2. The number of aryl methyl sites for hydroxylation is 2. The van der Waals surface area contributed by atoms with Crippen LogP contribution in [0.25, 0.3) is 0 Å². The molecule has 1 aliphatic rings. The van der Waals surface area contributed by atoms with Gasteiger partial charge in [0.2, 0.25) is 0 Å². The van der Waals surface area contributed by atoms with Crippen molar-refractivity contribution in [1.29, 1.82) is 0 Å². The van der Waals surface area contributed by atoms with Crippen molar-refractivity contribution in [3.63, 3.8) is 0 Å². The lowest BCUT2D eigenvalue weighted by Crippen LogP contribution is -2.36. The molecule has 0 aliphatic carbocycles. The molecule has 7 heteroatoms. The first-order chi connectivity index (χ1) is 14.6. The molecule has 0 saturated carbocycles. The summed E-state index contributed by atoms with van der Waals surface area (Å²) in [6, 6.07) is 11.1. The second-order valence-electron chi connectivity index (χ2n) is 7.60. The van der Waals surface area contributed by atoms with Gasteiger partial charge in [-0.05, 0) is 70.1 Å². The minimum absolute atomic E-state index is 0.0467. The minimum atomic E-state index is -0.131. The predicted molar refractivity (Wildman–Crippen MR) is 111 cm³/mol. The van der Waals surface area contributed by atoms with Crippen LogP contribution in [0.15, 0.2) is 51.6 Å². The van der Waals surface area contributed by atoms with E-state index in [-0.39, 0.29) is 11.9 Å². The molecule has 1 N–H and O–H groups in total. The van der Waals surface area contributed by atoms with Gasteiger partial charge in [0.05, 0.1) is 23.6 Å². The molecule has 1 saturated heterocycles. The van der Waals surface area contributed by atoms with Gasteiger partial charge in [0, 0.05) is 12.1 Å². The third kappa shape index (κ3) is 4.57. The SMILES string of the molecule is Cc1noc(C)c1COc1cccc(C(=O)NCC(c2ccco2)N2CCCC2)c1. The van der Waals surface area contributed by atoms with Crippen molar-refractivity contribution in [3.05, 3.63) is 71.0 Å². The van der Waals surface area contributed by atoms with Crippen LogP contribution in [0.3, 0.4) is 0 Å². The number of carbonyl (C=O) groups excluding carboxylic acids is 1. The smallest absolute Gasteiger partial charge is 0.251 e. The van der Waals surface area contributed by atoms with Crippen LogP contribution >= 0.6 is 0 Å². The fourth-order valence-corrected chi connectivity index (χ4v) is 3.83. The lowest BCUT2D eigenvalue weighted by Gasteiger charge is -2.26. The molecule has 30 heavy (non-hydrogen) atoms. The first-order valence-corrected chi connectivity index (χ1v) is 10.3. The van der Waals surface area contributed by atoms with Crippen molar-refractivity contribution < 1.29 is 18.5 Å². The third-order valence-corrected chi connectivity index (χ3v) is 5.57. The van der Waals surface area contributed by atoms with Crippen molar-refractivity contribution in [3.8, 4) is 5.75 Å². The molecule has 1 atom stereocenters. The second-order valence-corrected chi connectivity index (χ2v) is 7.60. The average molecular weight is 409 g/mol. The van der Waals surface area contributed by atoms with Gasteiger partial charge >= 0.3 is 0 Å². The number of benzene rings is 1. The highest BCUT2D eigenvalue weighted by molar-refractivity contribution is 5.94. The Balaban J connectivity index is 1.39. The third-order valence-electron chi connectivity index (χ3n) is 5.57. The highest BCUT2D eigenvalue weighted by Gasteiger charge is 2.26. The van der Waals surface area contributed by atoms with Crippen LogP contribution in [0.2, 0.25) is 0 Å². The molecular formula is C23H27N3O4. The number of aromatic nitrogens is 1. The van der Waals surface area contributed by atoms with Gasteiger partial charge in [0.25, 0.3) is 5.91 Å². The van der Waals surface area contributed by atoms with E-state index in [0.717, 1.165) is 35.9 Å². The molecule has 2 aromatic heterocycles. The van der Waals surface area contributed by atoms with Gasteiger partial charge in [-0.15, -0.1) is 0 Å². The number of likely N-dealkylation sites (tertiary alicyclic amines) is 1. The molecule has 1 aromatic carbocycles. The molecule has 4 rings (SSSR count).